The predicted octanol–water partition coefficient (Wildman–Crippen LogP) is 1.98. The smallest absolute Gasteiger partial charge is 0.270 e. The number of methoxy groups -OCH3 is 1. The molecule has 0 unspecified atom stereocenters. The summed E-state index contributed by atoms with van der Waals surface area (Å²) in [4.78, 5) is 30.4. The molecule has 1 N–H and O–H groups in total. The van der Waals surface area contributed by atoms with Crippen molar-refractivity contribution in [3.05, 3.63) is 58.1 Å². The van der Waals surface area contributed by atoms with Crippen molar-refractivity contribution >= 4 is 23.0 Å². The first-order chi connectivity index (χ1) is 15.1. The Kier molecular flexibility index (Phi) is 6.22. The molecule has 2 aromatic rings. The first kappa shape index (κ1) is 20.9. The molecule has 2 aliphatic rings. The van der Waals surface area contributed by atoms with E-state index in [2.05, 4.69) is 15.1 Å². The van der Waals surface area contributed by atoms with Crippen LogP contribution in [-0.4, -0.2) is 75.2 Å². The van der Waals surface area contributed by atoms with Crippen LogP contribution < -0.4 is 19.9 Å². The van der Waals surface area contributed by atoms with Crippen molar-refractivity contribution < 1.29 is 14.5 Å². The predicted molar refractivity (Wildman–Crippen MR) is 119 cm³/mol. The quantitative estimate of drug-likeness (QED) is 0.579. The van der Waals surface area contributed by atoms with E-state index < -0.39 is 4.92 Å². The van der Waals surface area contributed by atoms with Gasteiger partial charge in [-0.15, -0.1) is 0 Å². The van der Waals surface area contributed by atoms with Crippen molar-refractivity contribution in [3.8, 4) is 5.75 Å². The maximum absolute atomic E-state index is 13.4. The second-order valence-electron chi connectivity index (χ2n) is 7.67. The molecule has 2 fully saturated rings. The van der Waals surface area contributed by atoms with Gasteiger partial charge in [-0.05, 0) is 30.3 Å². The molecular weight excluding hydrogens is 398 g/mol. The lowest BCUT2D eigenvalue weighted by atomic mass is 10.1. The largest absolute Gasteiger partial charge is 0.497 e. The van der Waals surface area contributed by atoms with Gasteiger partial charge in [-0.1, -0.05) is 0 Å². The number of nitro groups is 1. The number of hydrogen-bond acceptors (Lipinski definition) is 7. The maximum Gasteiger partial charge on any atom is 0.270 e. The lowest BCUT2D eigenvalue weighted by Gasteiger charge is -2.37. The standard InChI is InChI=1S/C22H27N5O4/c1-31-19-5-2-17(3-6-19)24-12-14-26(15-13-24)22(28)20-16-18(27(29)30)4-7-21(20)25-10-8-23-9-11-25/h2-7,16,23H,8-15H2,1H3. The summed E-state index contributed by atoms with van der Waals surface area (Å²) >= 11 is 0. The monoisotopic (exact) mass is 425 g/mol. The van der Waals surface area contributed by atoms with Crippen molar-refractivity contribution in [1.82, 2.24) is 10.2 Å². The number of hydrogen-bond donors (Lipinski definition) is 1. The minimum atomic E-state index is -0.445. The molecule has 0 aromatic heterocycles. The van der Waals surface area contributed by atoms with E-state index in [0.29, 0.717) is 31.7 Å². The summed E-state index contributed by atoms with van der Waals surface area (Å²) in [6, 6.07) is 12.5. The fourth-order valence-corrected chi connectivity index (χ4v) is 4.12. The molecule has 0 spiro atoms. The van der Waals surface area contributed by atoms with Crippen LogP contribution in [0.25, 0.3) is 0 Å². The Bertz CT molecular complexity index is 935. The van der Waals surface area contributed by atoms with E-state index in [-0.39, 0.29) is 11.6 Å². The van der Waals surface area contributed by atoms with Crippen molar-refractivity contribution in [1.29, 1.82) is 0 Å². The van der Waals surface area contributed by atoms with Gasteiger partial charge >= 0.3 is 0 Å². The topological polar surface area (TPSA) is 91.2 Å². The van der Waals surface area contributed by atoms with Gasteiger partial charge in [-0.2, -0.15) is 0 Å². The lowest BCUT2D eigenvalue weighted by molar-refractivity contribution is -0.384. The minimum absolute atomic E-state index is 0.0564. The lowest BCUT2D eigenvalue weighted by Crippen LogP contribution is -2.49. The highest BCUT2D eigenvalue weighted by molar-refractivity contribution is 6.00. The highest BCUT2D eigenvalue weighted by Gasteiger charge is 2.27. The molecule has 2 saturated heterocycles. The van der Waals surface area contributed by atoms with Crippen LogP contribution in [0.15, 0.2) is 42.5 Å². The van der Waals surface area contributed by atoms with Crippen molar-refractivity contribution in [3.63, 3.8) is 0 Å². The average molecular weight is 425 g/mol. The van der Waals surface area contributed by atoms with E-state index in [1.165, 1.54) is 12.1 Å². The molecule has 2 heterocycles. The molecule has 31 heavy (non-hydrogen) atoms. The number of amides is 1. The normalized spacial score (nSPS) is 16.9. The van der Waals surface area contributed by atoms with Crippen LogP contribution in [0.1, 0.15) is 10.4 Å². The van der Waals surface area contributed by atoms with Gasteiger partial charge < -0.3 is 24.8 Å². The Hall–Kier alpha value is -3.33. The molecule has 9 heteroatoms. The Labute approximate surface area is 181 Å². The van der Waals surface area contributed by atoms with E-state index in [4.69, 9.17) is 4.74 Å². The second-order valence-corrected chi connectivity index (χ2v) is 7.67. The number of carbonyl (C=O) groups is 1. The number of nitrogens with one attached hydrogen (secondary N) is 1. The van der Waals surface area contributed by atoms with Crippen LogP contribution in [0, 0.1) is 10.1 Å². The number of rotatable bonds is 5. The highest BCUT2D eigenvalue weighted by Crippen LogP contribution is 2.28. The van der Waals surface area contributed by atoms with Crippen LogP contribution >= 0.6 is 0 Å². The summed E-state index contributed by atoms with van der Waals surface area (Å²) in [5.41, 5.74) is 2.22. The van der Waals surface area contributed by atoms with E-state index in [0.717, 1.165) is 43.3 Å². The van der Waals surface area contributed by atoms with E-state index in [1.807, 2.05) is 24.3 Å². The summed E-state index contributed by atoms with van der Waals surface area (Å²) in [6.45, 7) is 5.72. The van der Waals surface area contributed by atoms with Gasteiger partial charge in [0.2, 0.25) is 0 Å². The van der Waals surface area contributed by atoms with E-state index in [9.17, 15) is 14.9 Å². The SMILES string of the molecule is COc1ccc(N2CCN(C(=O)c3cc([N+](=O)[O-])ccc3N3CCNCC3)CC2)cc1. The molecule has 1 amide bonds. The maximum atomic E-state index is 13.4. The molecule has 9 nitrogen and oxygen atoms in total. The average Bonchev–Trinajstić information content (AvgIpc) is 2.84. The van der Waals surface area contributed by atoms with Crippen LogP contribution in [0.4, 0.5) is 17.1 Å². The van der Waals surface area contributed by atoms with Gasteiger partial charge in [-0.3, -0.25) is 14.9 Å². The number of nitrogens with zero attached hydrogens (tertiary/aromatic N) is 4. The summed E-state index contributed by atoms with van der Waals surface area (Å²) in [5.74, 6) is 0.662. The number of benzene rings is 2. The number of carbonyl (C=O) groups excluding carboxylic acids is 1. The van der Waals surface area contributed by atoms with Gasteiger partial charge in [0.05, 0.1) is 23.3 Å². The van der Waals surface area contributed by atoms with Crippen LogP contribution in [0.2, 0.25) is 0 Å². The Morgan fingerprint density at radius 2 is 1.65 bits per heavy atom. The summed E-state index contributed by atoms with van der Waals surface area (Å²) in [7, 11) is 1.64. The number of piperazine rings is 2. The van der Waals surface area contributed by atoms with Gasteiger partial charge in [0, 0.05) is 70.2 Å². The van der Waals surface area contributed by atoms with E-state index >= 15 is 0 Å². The number of ether oxygens (including phenoxy) is 1. The first-order valence-electron chi connectivity index (χ1n) is 10.5. The summed E-state index contributed by atoms with van der Waals surface area (Å²) < 4.78 is 5.21. The van der Waals surface area contributed by atoms with Gasteiger partial charge in [0.25, 0.3) is 11.6 Å². The van der Waals surface area contributed by atoms with Crippen LogP contribution in [0.3, 0.4) is 0 Å². The Morgan fingerprint density at radius 3 is 2.26 bits per heavy atom. The van der Waals surface area contributed by atoms with Gasteiger partial charge in [0.15, 0.2) is 0 Å². The molecule has 4 rings (SSSR count). The fraction of sp³-hybridized carbons (Fsp3) is 0.409. The number of anilines is 2. The number of non-ortho nitro benzene ring substituents is 1. The van der Waals surface area contributed by atoms with Gasteiger partial charge in [-0.25, -0.2) is 0 Å². The first-order valence-corrected chi connectivity index (χ1v) is 10.5. The molecule has 0 saturated carbocycles. The molecule has 2 aliphatic heterocycles. The fourth-order valence-electron chi connectivity index (χ4n) is 4.12. The van der Waals surface area contributed by atoms with Crippen molar-refractivity contribution in [2.24, 2.45) is 0 Å². The Morgan fingerprint density at radius 1 is 0.968 bits per heavy atom. The Balaban J connectivity index is 1.50. The third-order valence-corrected chi connectivity index (χ3v) is 5.88. The highest BCUT2D eigenvalue weighted by atomic mass is 16.6. The van der Waals surface area contributed by atoms with E-state index in [1.54, 1.807) is 18.1 Å². The third-order valence-electron chi connectivity index (χ3n) is 5.88. The second kappa shape index (κ2) is 9.22. The van der Waals surface area contributed by atoms with Crippen LogP contribution in [-0.2, 0) is 0 Å². The van der Waals surface area contributed by atoms with Crippen LogP contribution in [0.5, 0.6) is 5.75 Å². The zero-order valence-electron chi connectivity index (χ0n) is 17.6. The third kappa shape index (κ3) is 4.56. The summed E-state index contributed by atoms with van der Waals surface area (Å²) in [6.07, 6.45) is 0. The molecule has 0 bridgehead atoms. The number of nitro benzene ring substituents is 1. The molecule has 0 radical (unpaired) electrons. The van der Waals surface area contributed by atoms with Crippen molar-refractivity contribution in [2.75, 3.05) is 69.3 Å². The molecule has 0 aliphatic carbocycles. The molecular formula is C22H27N5O4. The zero-order chi connectivity index (χ0) is 21.8. The molecule has 0 atom stereocenters. The zero-order valence-corrected chi connectivity index (χ0v) is 17.6. The summed E-state index contributed by atoms with van der Waals surface area (Å²) in [5, 5.41) is 14.6. The van der Waals surface area contributed by atoms with Crippen molar-refractivity contribution in [2.45, 2.75) is 0 Å². The molecule has 2 aromatic carbocycles. The minimum Gasteiger partial charge on any atom is -0.497 e. The molecule has 164 valence electrons. The van der Waals surface area contributed by atoms with Gasteiger partial charge in [0.1, 0.15) is 5.75 Å².